The number of nitrogens with zero attached hydrogens (tertiary/aromatic N) is 2. The first kappa shape index (κ1) is 16.8. The Balaban J connectivity index is 1.76. The highest BCUT2D eigenvalue weighted by molar-refractivity contribution is 7.86. The molecule has 0 aliphatic carbocycles. The van der Waals surface area contributed by atoms with Crippen LogP contribution in [0, 0.1) is 5.82 Å². The topological polar surface area (TPSA) is 49.9 Å². The normalized spacial score (nSPS) is 30.7. The molecule has 0 aromatic heterocycles. The van der Waals surface area contributed by atoms with Crippen LogP contribution in [0.2, 0.25) is 0 Å². The molecule has 128 valence electrons. The molecule has 0 amide bonds. The fourth-order valence-electron chi connectivity index (χ4n) is 3.44. The number of rotatable bonds is 3. The summed E-state index contributed by atoms with van der Waals surface area (Å²) in [5.41, 5.74) is 0.992. The monoisotopic (exact) mass is 342 g/mol. The lowest BCUT2D eigenvalue weighted by atomic mass is 9.97. The molecular formula is C16H23FN2O3S. The number of halogens is 1. The van der Waals surface area contributed by atoms with E-state index in [0.717, 1.165) is 12.0 Å². The van der Waals surface area contributed by atoms with Crippen molar-refractivity contribution in [3.63, 3.8) is 0 Å². The summed E-state index contributed by atoms with van der Waals surface area (Å²) >= 11 is 0. The lowest BCUT2D eigenvalue weighted by Gasteiger charge is -2.34. The van der Waals surface area contributed by atoms with Gasteiger partial charge in [-0.05, 0) is 43.9 Å². The van der Waals surface area contributed by atoms with E-state index in [-0.39, 0.29) is 23.9 Å². The zero-order valence-corrected chi connectivity index (χ0v) is 14.3. The Hall–Kier alpha value is -1.02. The summed E-state index contributed by atoms with van der Waals surface area (Å²) in [4.78, 5) is 0. The molecule has 0 bridgehead atoms. The molecule has 0 spiro atoms. The molecule has 3 rings (SSSR count). The molecule has 23 heavy (non-hydrogen) atoms. The van der Waals surface area contributed by atoms with E-state index in [2.05, 4.69) is 0 Å². The third-order valence-corrected chi connectivity index (χ3v) is 6.77. The minimum atomic E-state index is -3.48. The first-order valence-electron chi connectivity index (χ1n) is 8.02. The second kappa shape index (κ2) is 6.47. The second-order valence-corrected chi connectivity index (χ2v) is 8.33. The predicted octanol–water partition coefficient (Wildman–Crippen LogP) is 1.97. The molecule has 2 aliphatic heterocycles. The Kier molecular flexibility index (Phi) is 4.73. The maximum absolute atomic E-state index is 13.1. The Morgan fingerprint density at radius 1 is 1.17 bits per heavy atom. The molecule has 7 heteroatoms. The maximum Gasteiger partial charge on any atom is 0.282 e. The van der Waals surface area contributed by atoms with E-state index in [9.17, 15) is 12.8 Å². The van der Waals surface area contributed by atoms with Crippen LogP contribution in [0.1, 0.15) is 31.7 Å². The Morgan fingerprint density at radius 3 is 2.52 bits per heavy atom. The minimum Gasteiger partial charge on any atom is -0.376 e. The molecule has 1 aromatic rings. The van der Waals surface area contributed by atoms with E-state index < -0.39 is 10.2 Å². The zero-order valence-electron chi connectivity index (χ0n) is 13.5. The molecule has 3 unspecified atom stereocenters. The van der Waals surface area contributed by atoms with Crippen molar-refractivity contribution in [2.75, 3.05) is 26.2 Å². The molecule has 3 atom stereocenters. The third kappa shape index (κ3) is 3.42. The molecule has 0 N–H and O–H groups in total. The van der Waals surface area contributed by atoms with Gasteiger partial charge in [-0.25, -0.2) is 4.39 Å². The fourth-order valence-corrected chi connectivity index (χ4v) is 5.35. The zero-order chi connectivity index (χ0) is 16.6. The lowest BCUT2D eigenvalue weighted by molar-refractivity contribution is 0.00818. The van der Waals surface area contributed by atoms with Crippen molar-refractivity contribution < 1.29 is 17.5 Å². The number of ether oxygens (including phenoxy) is 1. The second-order valence-electron chi connectivity index (χ2n) is 6.45. The van der Waals surface area contributed by atoms with E-state index >= 15 is 0 Å². The summed E-state index contributed by atoms with van der Waals surface area (Å²) in [5, 5.41) is 0. The highest BCUT2D eigenvalue weighted by Gasteiger charge is 2.41. The summed E-state index contributed by atoms with van der Waals surface area (Å²) in [7, 11) is -3.48. The van der Waals surface area contributed by atoms with Gasteiger partial charge < -0.3 is 4.74 Å². The van der Waals surface area contributed by atoms with Crippen LogP contribution in [0.4, 0.5) is 4.39 Å². The van der Waals surface area contributed by atoms with Crippen LogP contribution in [-0.2, 0) is 14.9 Å². The van der Waals surface area contributed by atoms with Gasteiger partial charge in [0.15, 0.2) is 0 Å². The molecule has 2 fully saturated rings. The number of morpholine rings is 1. The van der Waals surface area contributed by atoms with Crippen LogP contribution in [0.3, 0.4) is 0 Å². The average Bonchev–Trinajstić information content (AvgIpc) is 2.91. The van der Waals surface area contributed by atoms with Gasteiger partial charge in [-0.3, -0.25) is 0 Å². The average molecular weight is 342 g/mol. The van der Waals surface area contributed by atoms with Crippen LogP contribution in [0.5, 0.6) is 0 Å². The summed E-state index contributed by atoms with van der Waals surface area (Å²) in [6, 6.07) is 6.30. The van der Waals surface area contributed by atoms with Gasteiger partial charge in [0.25, 0.3) is 10.2 Å². The van der Waals surface area contributed by atoms with Gasteiger partial charge in [0.05, 0.1) is 12.7 Å². The van der Waals surface area contributed by atoms with E-state index in [4.69, 9.17) is 4.74 Å². The van der Waals surface area contributed by atoms with Gasteiger partial charge in [0.1, 0.15) is 5.82 Å². The summed E-state index contributed by atoms with van der Waals surface area (Å²) in [6.07, 6.45) is 0.675. The quantitative estimate of drug-likeness (QED) is 0.844. The number of benzene rings is 1. The van der Waals surface area contributed by atoms with Crippen molar-refractivity contribution in [2.24, 2.45) is 0 Å². The van der Waals surface area contributed by atoms with Crippen molar-refractivity contribution >= 4 is 10.2 Å². The van der Waals surface area contributed by atoms with Gasteiger partial charge in [-0.1, -0.05) is 12.1 Å². The van der Waals surface area contributed by atoms with Gasteiger partial charge in [0.2, 0.25) is 0 Å². The van der Waals surface area contributed by atoms with Gasteiger partial charge in [-0.2, -0.15) is 17.0 Å². The molecule has 2 aliphatic rings. The molecule has 5 nitrogen and oxygen atoms in total. The van der Waals surface area contributed by atoms with Gasteiger partial charge >= 0.3 is 0 Å². The van der Waals surface area contributed by atoms with Crippen LogP contribution in [-0.4, -0.2) is 55.4 Å². The SMILES string of the molecule is CC1CN(S(=O)(=O)N2CC(c3ccc(F)cc3)CC2C)CCO1. The summed E-state index contributed by atoms with van der Waals surface area (Å²) in [5.74, 6) is -0.162. The molecule has 2 heterocycles. The van der Waals surface area contributed by atoms with Crippen molar-refractivity contribution in [1.29, 1.82) is 0 Å². The first-order valence-corrected chi connectivity index (χ1v) is 9.41. The lowest BCUT2D eigenvalue weighted by Crippen LogP contribution is -2.51. The maximum atomic E-state index is 13.1. The smallest absolute Gasteiger partial charge is 0.282 e. The van der Waals surface area contributed by atoms with E-state index in [1.165, 1.54) is 16.4 Å². The Bertz CT molecular complexity index is 650. The van der Waals surface area contributed by atoms with Gasteiger partial charge in [-0.15, -0.1) is 0 Å². The Morgan fingerprint density at radius 2 is 1.87 bits per heavy atom. The largest absolute Gasteiger partial charge is 0.376 e. The summed E-state index contributed by atoms with van der Waals surface area (Å²) < 4.78 is 47.4. The minimum absolute atomic E-state index is 0.0618. The summed E-state index contributed by atoms with van der Waals surface area (Å²) in [6.45, 7) is 5.50. The Labute approximate surface area is 137 Å². The van der Waals surface area contributed by atoms with E-state index in [1.54, 1.807) is 16.4 Å². The number of hydrogen-bond acceptors (Lipinski definition) is 3. The van der Waals surface area contributed by atoms with Crippen molar-refractivity contribution in [1.82, 2.24) is 8.61 Å². The predicted molar refractivity (Wildman–Crippen MR) is 85.8 cm³/mol. The van der Waals surface area contributed by atoms with Gasteiger partial charge in [0, 0.05) is 25.7 Å². The van der Waals surface area contributed by atoms with Crippen LogP contribution in [0.15, 0.2) is 24.3 Å². The standard InChI is InChI=1S/C16H23FN2O3S/c1-12-9-15(14-3-5-16(17)6-4-14)11-19(12)23(20,21)18-7-8-22-13(2)10-18/h3-6,12-13,15H,7-11H2,1-2H3. The van der Waals surface area contributed by atoms with Crippen molar-refractivity contribution in [3.05, 3.63) is 35.6 Å². The van der Waals surface area contributed by atoms with E-state index in [0.29, 0.717) is 26.2 Å². The van der Waals surface area contributed by atoms with Crippen LogP contribution >= 0.6 is 0 Å². The number of hydrogen-bond donors (Lipinski definition) is 0. The molecule has 0 radical (unpaired) electrons. The third-order valence-electron chi connectivity index (χ3n) is 4.69. The molecule has 0 saturated carbocycles. The van der Waals surface area contributed by atoms with Crippen LogP contribution < -0.4 is 0 Å². The molecule has 1 aromatic carbocycles. The molecular weight excluding hydrogens is 319 g/mol. The highest BCUT2D eigenvalue weighted by Crippen LogP contribution is 2.34. The van der Waals surface area contributed by atoms with Crippen molar-refractivity contribution in [2.45, 2.75) is 38.3 Å². The molecule has 2 saturated heterocycles. The first-order chi connectivity index (χ1) is 10.9. The van der Waals surface area contributed by atoms with Crippen molar-refractivity contribution in [3.8, 4) is 0 Å². The fraction of sp³-hybridized carbons (Fsp3) is 0.625. The highest BCUT2D eigenvalue weighted by atomic mass is 32.2. The van der Waals surface area contributed by atoms with E-state index in [1.807, 2.05) is 13.8 Å². The van der Waals surface area contributed by atoms with Crippen LogP contribution in [0.25, 0.3) is 0 Å².